The van der Waals surface area contributed by atoms with Gasteiger partial charge in [0.25, 0.3) is 6.01 Å². The molecule has 0 amide bonds. The molecule has 0 atom stereocenters. The molecule has 0 aliphatic heterocycles. The quantitative estimate of drug-likeness (QED) is 0.730. The number of oxazole rings is 1. The summed E-state index contributed by atoms with van der Waals surface area (Å²) < 4.78 is 5.23. The van der Waals surface area contributed by atoms with Gasteiger partial charge >= 0.3 is 0 Å². The van der Waals surface area contributed by atoms with E-state index in [-0.39, 0.29) is 0 Å². The van der Waals surface area contributed by atoms with Crippen molar-refractivity contribution in [1.29, 1.82) is 0 Å². The van der Waals surface area contributed by atoms with Gasteiger partial charge in [-0.2, -0.15) is 4.98 Å². The van der Waals surface area contributed by atoms with Crippen LogP contribution in [0.2, 0.25) is 0 Å². The van der Waals surface area contributed by atoms with E-state index < -0.39 is 0 Å². The minimum Gasteiger partial charge on any atom is -0.432 e. The van der Waals surface area contributed by atoms with Gasteiger partial charge in [0.1, 0.15) is 6.26 Å². The molecule has 2 N–H and O–H groups in total. The standard InChI is InChI=1S/C8H15N3O/c1-3-11(4-2)8-10-7(5-9)6-12-8/h6H,3-5,9H2,1-2H3. The van der Waals surface area contributed by atoms with Crippen molar-refractivity contribution in [2.45, 2.75) is 20.4 Å². The molecule has 68 valence electrons. The number of nitrogens with two attached hydrogens (primary N) is 1. The van der Waals surface area contributed by atoms with Crippen LogP contribution in [-0.2, 0) is 6.54 Å². The fourth-order valence-electron chi connectivity index (χ4n) is 1.03. The van der Waals surface area contributed by atoms with E-state index in [1.807, 2.05) is 4.90 Å². The van der Waals surface area contributed by atoms with Crippen molar-refractivity contribution >= 4 is 6.01 Å². The highest BCUT2D eigenvalue weighted by atomic mass is 16.4. The molecule has 0 spiro atoms. The van der Waals surface area contributed by atoms with Crippen molar-refractivity contribution in [2.75, 3.05) is 18.0 Å². The molecule has 0 unspecified atom stereocenters. The Morgan fingerprint density at radius 1 is 1.50 bits per heavy atom. The van der Waals surface area contributed by atoms with Gasteiger partial charge in [-0.25, -0.2) is 0 Å². The van der Waals surface area contributed by atoms with E-state index in [0.717, 1.165) is 18.8 Å². The van der Waals surface area contributed by atoms with Crippen molar-refractivity contribution in [3.8, 4) is 0 Å². The van der Waals surface area contributed by atoms with Gasteiger partial charge in [-0.05, 0) is 13.8 Å². The van der Waals surface area contributed by atoms with E-state index in [1.165, 1.54) is 0 Å². The molecule has 0 aliphatic rings. The molecule has 4 nitrogen and oxygen atoms in total. The fraction of sp³-hybridized carbons (Fsp3) is 0.625. The Hall–Kier alpha value is -1.03. The van der Waals surface area contributed by atoms with Crippen LogP contribution in [0.15, 0.2) is 10.7 Å². The molecule has 0 aliphatic carbocycles. The predicted octanol–water partition coefficient (Wildman–Crippen LogP) is 0.979. The van der Waals surface area contributed by atoms with E-state index in [2.05, 4.69) is 18.8 Å². The molecule has 1 aromatic rings. The fourth-order valence-corrected chi connectivity index (χ4v) is 1.03. The van der Waals surface area contributed by atoms with Crippen LogP contribution in [0, 0.1) is 0 Å². The number of hydrogen-bond acceptors (Lipinski definition) is 4. The van der Waals surface area contributed by atoms with Gasteiger partial charge in [0.05, 0.1) is 5.69 Å². The number of aromatic nitrogens is 1. The zero-order valence-corrected chi connectivity index (χ0v) is 7.58. The normalized spacial score (nSPS) is 10.2. The van der Waals surface area contributed by atoms with Crippen LogP contribution in [0.1, 0.15) is 19.5 Å². The Kier molecular flexibility index (Phi) is 3.10. The number of anilines is 1. The Bertz CT molecular complexity index is 230. The van der Waals surface area contributed by atoms with Gasteiger partial charge in [0.15, 0.2) is 0 Å². The monoisotopic (exact) mass is 169 g/mol. The van der Waals surface area contributed by atoms with E-state index >= 15 is 0 Å². The molecule has 0 bridgehead atoms. The molecular weight excluding hydrogens is 154 g/mol. The molecule has 0 saturated carbocycles. The van der Waals surface area contributed by atoms with Gasteiger partial charge < -0.3 is 15.1 Å². The largest absolute Gasteiger partial charge is 0.432 e. The van der Waals surface area contributed by atoms with Crippen LogP contribution in [0.5, 0.6) is 0 Å². The smallest absolute Gasteiger partial charge is 0.297 e. The van der Waals surface area contributed by atoms with Gasteiger partial charge in [-0.3, -0.25) is 0 Å². The maximum Gasteiger partial charge on any atom is 0.297 e. The molecule has 4 heteroatoms. The van der Waals surface area contributed by atoms with Crippen LogP contribution in [-0.4, -0.2) is 18.1 Å². The Balaban J connectivity index is 2.72. The van der Waals surface area contributed by atoms with E-state index in [1.54, 1.807) is 6.26 Å². The first kappa shape index (κ1) is 9.06. The molecular formula is C8H15N3O. The Labute approximate surface area is 72.4 Å². The third-order valence-electron chi connectivity index (χ3n) is 1.78. The lowest BCUT2D eigenvalue weighted by atomic mass is 10.5. The summed E-state index contributed by atoms with van der Waals surface area (Å²) in [5.41, 5.74) is 6.21. The highest BCUT2D eigenvalue weighted by Crippen LogP contribution is 2.12. The first-order valence-electron chi connectivity index (χ1n) is 4.21. The van der Waals surface area contributed by atoms with Crippen LogP contribution in [0.3, 0.4) is 0 Å². The van der Waals surface area contributed by atoms with Crippen LogP contribution in [0.4, 0.5) is 6.01 Å². The molecule has 0 saturated heterocycles. The molecule has 12 heavy (non-hydrogen) atoms. The third kappa shape index (κ3) is 1.76. The lowest BCUT2D eigenvalue weighted by Gasteiger charge is -2.14. The second-order valence-corrected chi connectivity index (χ2v) is 2.50. The SMILES string of the molecule is CCN(CC)c1nc(CN)co1. The maximum atomic E-state index is 5.41. The van der Waals surface area contributed by atoms with Crippen LogP contribution < -0.4 is 10.6 Å². The lowest BCUT2D eigenvalue weighted by molar-refractivity contribution is 0.539. The minimum atomic E-state index is 0.435. The summed E-state index contributed by atoms with van der Waals surface area (Å²) in [6.07, 6.45) is 1.60. The van der Waals surface area contributed by atoms with Crippen LogP contribution in [0.25, 0.3) is 0 Å². The minimum absolute atomic E-state index is 0.435. The Morgan fingerprint density at radius 2 is 2.17 bits per heavy atom. The van der Waals surface area contributed by atoms with E-state index in [4.69, 9.17) is 10.2 Å². The molecule has 1 rings (SSSR count). The molecule has 1 aromatic heterocycles. The second kappa shape index (κ2) is 4.11. The molecule has 0 aromatic carbocycles. The van der Waals surface area contributed by atoms with Crippen molar-refractivity contribution in [1.82, 2.24) is 4.98 Å². The average molecular weight is 169 g/mol. The summed E-state index contributed by atoms with van der Waals surface area (Å²) in [4.78, 5) is 6.25. The van der Waals surface area contributed by atoms with Gasteiger partial charge in [0, 0.05) is 19.6 Å². The number of rotatable bonds is 4. The van der Waals surface area contributed by atoms with Crippen molar-refractivity contribution in [3.05, 3.63) is 12.0 Å². The number of hydrogen-bond donors (Lipinski definition) is 1. The summed E-state index contributed by atoms with van der Waals surface area (Å²) in [6.45, 7) is 6.37. The lowest BCUT2D eigenvalue weighted by Crippen LogP contribution is -2.22. The van der Waals surface area contributed by atoms with Gasteiger partial charge in [-0.1, -0.05) is 0 Å². The maximum absolute atomic E-state index is 5.41. The zero-order valence-electron chi connectivity index (χ0n) is 7.58. The molecule has 0 radical (unpaired) electrons. The Morgan fingerprint density at radius 3 is 2.58 bits per heavy atom. The molecule has 0 fully saturated rings. The topological polar surface area (TPSA) is 55.3 Å². The highest BCUT2D eigenvalue weighted by molar-refractivity contribution is 5.25. The van der Waals surface area contributed by atoms with E-state index in [0.29, 0.717) is 12.6 Å². The van der Waals surface area contributed by atoms with E-state index in [9.17, 15) is 0 Å². The summed E-state index contributed by atoms with van der Waals surface area (Å²) in [6, 6.07) is 0.667. The van der Waals surface area contributed by atoms with Gasteiger partial charge in [-0.15, -0.1) is 0 Å². The van der Waals surface area contributed by atoms with Crippen LogP contribution >= 0.6 is 0 Å². The first-order valence-corrected chi connectivity index (χ1v) is 4.21. The number of nitrogens with zero attached hydrogens (tertiary/aromatic N) is 2. The summed E-state index contributed by atoms with van der Waals surface area (Å²) in [5, 5.41) is 0. The first-order chi connectivity index (χ1) is 5.81. The summed E-state index contributed by atoms with van der Waals surface area (Å²) >= 11 is 0. The van der Waals surface area contributed by atoms with Crippen molar-refractivity contribution in [3.63, 3.8) is 0 Å². The zero-order chi connectivity index (χ0) is 8.97. The van der Waals surface area contributed by atoms with Gasteiger partial charge in [0.2, 0.25) is 0 Å². The summed E-state index contributed by atoms with van der Waals surface area (Å²) in [5.74, 6) is 0. The summed E-state index contributed by atoms with van der Waals surface area (Å²) in [7, 11) is 0. The van der Waals surface area contributed by atoms with Crippen molar-refractivity contribution < 1.29 is 4.42 Å². The third-order valence-corrected chi connectivity index (χ3v) is 1.78. The second-order valence-electron chi connectivity index (χ2n) is 2.50. The molecule has 1 heterocycles. The average Bonchev–Trinajstić information content (AvgIpc) is 2.55. The van der Waals surface area contributed by atoms with Crippen molar-refractivity contribution in [2.24, 2.45) is 5.73 Å². The predicted molar refractivity (Wildman–Crippen MR) is 48.0 cm³/mol. The highest BCUT2D eigenvalue weighted by Gasteiger charge is 2.07.